The van der Waals surface area contributed by atoms with E-state index in [1.165, 1.54) is 0 Å². The summed E-state index contributed by atoms with van der Waals surface area (Å²) in [7, 11) is 0. The minimum absolute atomic E-state index is 0.314. The minimum Gasteiger partial charge on any atom is -0.380 e. The first kappa shape index (κ1) is 20.5. The van der Waals surface area contributed by atoms with Gasteiger partial charge in [0.15, 0.2) is 5.82 Å². The third-order valence-electron chi connectivity index (χ3n) is 5.32. The van der Waals surface area contributed by atoms with Gasteiger partial charge in [0.1, 0.15) is 16.9 Å². The van der Waals surface area contributed by atoms with Gasteiger partial charge in [-0.05, 0) is 45.4 Å². The van der Waals surface area contributed by atoms with Crippen LogP contribution in [0, 0.1) is 13.8 Å². The quantitative estimate of drug-likeness (QED) is 0.574. The number of piperazine rings is 1. The van der Waals surface area contributed by atoms with E-state index in [2.05, 4.69) is 27.4 Å². The van der Waals surface area contributed by atoms with Crippen molar-refractivity contribution in [2.75, 3.05) is 43.1 Å². The molecular weight excluding hydrogens is 380 g/mol. The van der Waals surface area contributed by atoms with Crippen molar-refractivity contribution >= 4 is 28.6 Å². The fraction of sp³-hybridized carbons (Fsp3) is 0.524. The number of aryl methyl sites for hydroxylation is 2. The highest BCUT2D eigenvalue weighted by atomic mass is 16.5. The summed E-state index contributed by atoms with van der Waals surface area (Å²) >= 11 is 0. The zero-order valence-corrected chi connectivity index (χ0v) is 18.1. The molecule has 1 aliphatic heterocycles. The van der Waals surface area contributed by atoms with Gasteiger partial charge in [0.2, 0.25) is 5.95 Å². The number of pyridine rings is 1. The fourth-order valence-electron chi connectivity index (χ4n) is 3.75. The molecule has 0 amide bonds. The largest absolute Gasteiger partial charge is 0.380 e. The molecule has 0 unspecified atom stereocenters. The summed E-state index contributed by atoms with van der Waals surface area (Å²) in [5.74, 6) is 2.19. The molecular formula is C21H30N8O. The average Bonchev–Trinajstić information content (AvgIpc) is 3.04. The van der Waals surface area contributed by atoms with Gasteiger partial charge >= 0.3 is 0 Å². The molecule has 3 aromatic heterocycles. The summed E-state index contributed by atoms with van der Waals surface area (Å²) in [5, 5.41) is 11.6. The number of hydrogen-bond donors (Lipinski definition) is 2. The van der Waals surface area contributed by atoms with Gasteiger partial charge in [-0.15, -0.1) is 0 Å². The summed E-state index contributed by atoms with van der Waals surface area (Å²) in [6.07, 6.45) is 1.80. The lowest BCUT2D eigenvalue weighted by Gasteiger charge is -2.34. The van der Waals surface area contributed by atoms with Crippen LogP contribution < -0.4 is 15.5 Å². The third-order valence-corrected chi connectivity index (χ3v) is 5.32. The number of anilines is 3. The maximum absolute atomic E-state index is 5.55. The van der Waals surface area contributed by atoms with Crippen LogP contribution in [0.25, 0.3) is 11.0 Å². The lowest BCUT2D eigenvalue weighted by Crippen LogP contribution is -2.50. The first-order valence-electron chi connectivity index (χ1n) is 10.6. The molecule has 1 atom stereocenters. The van der Waals surface area contributed by atoms with E-state index in [0.717, 1.165) is 59.5 Å². The van der Waals surface area contributed by atoms with Crippen LogP contribution in [0.2, 0.25) is 0 Å². The van der Waals surface area contributed by atoms with Crippen molar-refractivity contribution in [1.29, 1.82) is 0 Å². The lowest BCUT2D eigenvalue weighted by molar-refractivity contribution is 0.137. The molecule has 1 saturated heterocycles. The van der Waals surface area contributed by atoms with Gasteiger partial charge in [0.05, 0.1) is 18.8 Å². The van der Waals surface area contributed by atoms with Gasteiger partial charge in [0.25, 0.3) is 0 Å². The first-order valence-corrected chi connectivity index (χ1v) is 10.6. The van der Waals surface area contributed by atoms with E-state index < -0.39 is 0 Å². The summed E-state index contributed by atoms with van der Waals surface area (Å²) in [5.41, 5.74) is 3.75. The number of nitrogens with one attached hydrogen (secondary N) is 2. The number of ether oxygens (including phenoxy) is 1. The predicted octanol–water partition coefficient (Wildman–Crippen LogP) is 2.42. The van der Waals surface area contributed by atoms with Crippen LogP contribution in [0.1, 0.15) is 25.1 Å². The van der Waals surface area contributed by atoms with Gasteiger partial charge in [0, 0.05) is 38.5 Å². The highest BCUT2D eigenvalue weighted by Crippen LogP contribution is 2.29. The molecule has 2 N–H and O–H groups in total. The van der Waals surface area contributed by atoms with Gasteiger partial charge in [-0.2, -0.15) is 10.1 Å². The van der Waals surface area contributed by atoms with Crippen molar-refractivity contribution < 1.29 is 4.74 Å². The van der Waals surface area contributed by atoms with E-state index in [0.29, 0.717) is 25.8 Å². The molecule has 1 aliphatic rings. The smallest absolute Gasteiger partial charge is 0.228 e. The Kier molecular flexibility index (Phi) is 6.10. The standard InChI is InChI=1S/C21H30N8O/c1-5-30-11-10-29-19-18(16(4)27-29)25-21(28-9-8-22-13-15(28)3)26-20(19)24-17-12-14(2)6-7-23-17/h6-7,12,15,22H,5,8-11,13H2,1-4H3,(H,23,24,25,26)/t15-/m0/s1. The Bertz CT molecular complexity index is 1020. The molecule has 9 nitrogen and oxygen atoms in total. The second kappa shape index (κ2) is 8.93. The molecule has 9 heteroatoms. The topological polar surface area (TPSA) is 93.0 Å². The second-order valence-electron chi connectivity index (χ2n) is 7.66. The number of hydrogen-bond acceptors (Lipinski definition) is 8. The van der Waals surface area contributed by atoms with Crippen LogP contribution in [0.5, 0.6) is 0 Å². The van der Waals surface area contributed by atoms with Crippen LogP contribution in [-0.2, 0) is 11.3 Å². The SMILES string of the molecule is CCOCCn1nc(C)c2nc(N3CCNC[C@@H]3C)nc(Nc3cc(C)ccn3)c21. The van der Waals surface area contributed by atoms with E-state index in [-0.39, 0.29) is 0 Å². The van der Waals surface area contributed by atoms with E-state index in [1.54, 1.807) is 6.20 Å². The van der Waals surface area contributed by atoms with E-state index in [9.17, 15) is 0 Å². The molecule has 4 rings (SSSR count). The first-order chi connectivity index (χ1) is 14.6. The monoisotopic (exact) mass is 410 g/mol. The molecule has 0 bridgehead atoms. The van der Waals surface area contributed by atoms with Crippen molar-refractivity contribution in [2.45, 2.75) is 40.3 Å². The minimum atomic E-state index is 0.314. The highest BCUT2D eigenvalue weighted by molar-refractivity contribution is 5.90. The molecule has 0 aromatic carbocycles. The molecule has 0 spiro atoms. The Morgan fingerprint density at radius 2 is 2.17 bits per heavy atom. The second-order valence-corrected chi connectivity index (χ2v) is 7.66. The highest BCUT2D eigenvalue weighted by Gasteiger charge is 2.24. The number of nitrogens with zero attached hydrogens (tertiary/aromatic N) is 6. The number of rotatable bonds is 7. The van der Waals surface area contributed by atoms with Crippen molar-refractivity contribution in [1.82, 2.24) is 30.0 Å². The average molecular weight is 411 g/mol. The molecule has 0 saturated carbocycles. The van der Waals surface area contributed by atoms with Gasteiger partial charge in [-0.25, -0.2) is 9.97 Å². The van der Waals surface area contributed by atoms with Gasteiger partial charge in [-0.3, -0.25) is 4.68 Å². The van der Waals surface area contributed by atoms with Crippen LogP contribution in [0.4, 0.5) is 17.6 Å². The molecule has 160 valence electrons. The van der Waals surface area contributed by atoms with E-state index >= 15 is 0 Å². The van der Waals surface area contributed by atoms with Crippen LogP contribution in [-0.4, -0.2) is 63.6 Å². The Balaban J connectivity index is 1.80. The Morgan fingerprint density at radius 3 is 2.93 bits per heavy atom. The molecule has 0 aliphatic carbocycles. The molecule has 0 radical (unpaired) electrons. The summed E-state index contributed by atoms with van der Waals surface area (Å²) in [6, 6.07) is 4.30. The van der Waals surface area contributed by atoms with Crippen LogP contribution >= 0.6 is 0 Å². The fourth-order valence-corrected chi connectivity index (χ4v) is 3.75. The van der Waals surface area contributed by atoms with E-state index in [4.69, 9.17) is 19.8 Å². The predicted molar refractivity (Wildman–Crippen MR) is 118 cm³/mol. The zero-order valence-electron chi connectivity index (χ0n) is 18.1. The Hall–Kier alpha value is -2.78. The van der Waals surface area contributed by atoms with Crippen molar-refractivity contribution in [3.8, 4) is 0 Å². The van der Waals surface area contributed by atoms with Crippen LogP contribution in [0.15, 0.2) is 18.3 Å². The van der Waals surface area contributed by atoms with Crippen molar-refractivity contribution in [2.24, 2.45) is 0 Å². The van der Waals surface area contributed by atoms with E-state index in [1.807, 2.05) is 37.6 Å². The number of aromatic nitrogens is 5. The Labute approximate surface area is 176 Å². The normalized spacial score (nSPS) is 16.9. The summed E-state index contributed by atoms with van der Waals surface area (Å²) < 4.78 is 7.49. The van der Waals surface area contributed by atoms with Crippen molar-refractivity contribution in [3.63, 3.8) is 0 Å². The van der Waals surface area contributed by atoms with Gasteiger partial charge in [-0.1, -0.05) is 0 Å². The maximum atomic E-state index is 5.55. The Morgan fingerprint density at radius 1 is 1.30 bits per heavy atom. The molecule has 4 heterocycles. The zero-order chi connectivity index (χ0) is 21.1. The lowest BCUT2D eigenvalue weighted by atomic mass is 10.2. The van der Waals surface area contributed by atoms with Crippen LogP contribution in [0.3, 0.4) is 0 Å². The number of fused-ring (bicyclic) bond motifs is 1. The molecule has 3 aromatic rings. The third kappa shape index (κ3) is 4.22. The summed E-state index contributed by atoms with van der Waals surface area (Å²) in [6.45, 7) is 12.8. The maximum Gasteiger partial charge on any atom is 0.228 e. The molecule has 1 fully saturated rings. The summed E-state index contributed by atoms with van der Waals surface area (Å²) in [4.78, 5) is 16.6. The van der Waals surface area contributed by atoms with Gasteiger partial charge < -0.3 is 20.3 Å². The molecule has 30 heavy (non-hydrogen) atoms. The van der Waals surface area contributed by atoms with Crippen molar-refractivity contribution in [3.05, 3.63) is 29.6 Å².